The molecule has 0 spiro atoms. The van der Waals surface area contributed by atoms with Crippen molar-refractivity contribution in [2.75, 3.05) is 18.6 Å². The number of nitrogens with zero attached hydrogens (tertiary/aromatic N) is 5. The van der Waals surface area contributed by atoms with Crippen molar-refractivity contribution in [2.24, 2.45) is 0 Å². The fourth-order valence-corrected chi connectivity index (χ4v) is 3.10. The second kappa shape index (κ2) is 7.73. The number of carbonyl (C=O) groups excluding carboxylic acids is 1. The Morgan fingerprint density at radius 1 is 1.29 bits per heavy atom. The monoisotopic (exact) mass is 394 g/mol. The van der Waals surface area contributed by atoms with Crippen molar-refractivity contribution in [3.63, 3.8) is 0 Å². The van der Waals surface area contributed by atoms with E-state index in [2.05, 4.69) is 20.5 Å². The summed E-state index contributed by atoms with van der Waals surface area (Å²) < 4.78 is 5.78. The molecule has 4 rings (SSSR count). The summed E-state index contributed by atoms with van der Waals surface area (Å²) in [5.74, 6) is 0.888. The second-order valence-corrected chi connectivity index (χ2v) is 6.72. The predicted molar refractivity (Wildman–Crippen MR) is 108 cm³/mol. The third-order valence-corrected chi connectivity index (χ3v) is 4.90. The van der Waals surface area contributed by atoms with E-state index in [1.54, 1.807) is 24.2 Å². The molecule has 8 nitrogen and oxygen atoms in total. The highest BCUT2D eigenvalue weighted by molar-refractivity contribution is 7.80. The van der Waals surface area contributed by atoms with Gasteiger partial charge in [0.25, 0.3) is 5.91 Å². The molecule has 9 heteroatoms. The van der Waals surface area contributed by atoms with E-state index in [4.69, 9.17) is 17.0 Å². The number of amides is 1. The number of fused-ring (bicyclic) bond motifs is 1. The number of thiocarbonyl (C=S) groups is 1. The maximum Gasteiger partial charge on any atom is 0.274 e. The highest BCUT2D eigenvalue weighted by atomic mass is 32.1. The largest absolute Gasteiger partial charge is 0.487 e. The van der Waals surface area contributed by atoms with Crippen LogP contribution in [0.15, 0.2) is 54.9 Å². The van der Waals surface area contributed by atoms with Crippen LogP contribution in [0, 0.1) is 0 Å². The van der Waals surface area contributed by atoms with Gasteiger partial charge in [0.15, 0.2) is 17.3 Å². The summed E-state index contributed by atoms with van der Waals surface area (Å²) in [7, 11) is 1.80. The number of hydrogen-bond acceptors (Lipinski definition) is 6. The molecule has 3 heterocycles. The first-order chi connectivity index (χ1) is 13.6. The summed E-state index contributed by atoms with van der Waals surface area (Å²) in [6.45, 7) is 0.703. The molecule has 0 fully saturated rings. The van der Waals surface area contributed by atoms with Gasteiger partial charge in [-0.2, -0.15) is 9.90 Å². The quantitative estimate of drug-likeness (QED) is 0.674. The average molecular weight is 394 g/mol. The molecular weight excluding hydrogens is 376 g/mol. The lowest BCUT2D eigenvalue weighted by molar-refractivity contribution is 0.0932. The van der Waals surface area contributed by atoms with E-state index in [0.29, 0.717) is 23.1 Å². The highest BCUT2D eigenvalue weighted by Gasteiger charge is 2.29. The van der Waals surface area contributed by atoms with Gasteiger partial charge in [0.1, 0.15) is 17.6 Å². The summed E-state index contributed by atoms with van der Waals surface area (Å²) in [6, 6.07) is 12.9. The standard InChI is InChI=1S/C19H18N6O2S/c1-24-17-16(8-5-9-20-17)27-12-15(19(24)28)22-18(26)14-10-21-25(23-14)11-13-6-3-2-4-7-13/h2-10,15H,11-12H2,1H3,(H,22,26)/t15-/m0/s1. The van der Waals surface area contributed by atoms with Crippen molar-refractivity contribution in [1.29, 1.82) is 0 Å². The minimum atomic E-state index is -0.485. The van der Waals surface area contributed by atoms with E-state index in [0.717, 1.165) is 5.56 Å². The van der Waals surface area contributed by atoms with Crippen LogP contribution in [0.25, 0.3) is 0 Å². The van der Waals surface area contributed by atoms with Crippen LogP contribution in [0.2, 0.25) is 0 Å². The number of likely N-dealkylation sites (N-methyl/N-ethyl adjacent to an activating group) is 1. The number of nitrogens with one attached hydrogen (secondary N) is 1. The number of benzene rings is 1. The summed E-state index contributed by atoms with van der Waals surface area (Å²) in [4.78, 5) is 20.7. The van der Waals surface area contributed by atoms with Gasteiger partial charge in [0.05, 0.1) is 12.7 Å². The van der Waals surface area contributed by atoms with Crippen molar-refractivity contribution >= 4 is 28.9 Å². The zero-order valence-corrected chi connectivity index (χ0v) is 16.0. The van der Waals surface area contributed by atoms with Gasteiger partial charge >= 0.3 is 0 Å². The lowest BCUT2D eigenvalue weighted by Crippen LogP contribution is -2.48. The highest BCUT2D eigenvalue weighted by Crippen LogP contribution is 2.27. The topological polar surface area (TPSA) is 85.2 Å². The van der Waals surface area contributed by atoms with Gasteiger partial charge in [-0.3, -0.25) is 4.79 Å². The molecule has 1 amide bonds. The van der Waals surface area contributed by atoms with Crippen LogP contribution in [0.1, 0.15) is 16.1 Å². The zero-order valence-electron chi connectivity index (χ0n) is 15.1. The van der Waals surface area contributed by atoms with Crippen molar-refractivity contribution in [1.82, 2.24) is 25.3 Å². The molecular formula is C19H18N6O2S. The van der Waals surface area contributed by atoms with Gasteiger partial charge in [-0.1, -0.05) is 42.5 Å². The van der Waals surface area contributed by atoms with E-state index in [9.17, 15) is 4.79 Å². The van der Waals surface area contributed by atoms with E-state index in [1.165, 1.54) is 11.0 Å². The van der Waals surface area contributed by atoms with Gasteiger partial charge < -0.3 is 15.0 Å². The molecule has 1 aliphatic rings. The molecule has 0 bridgehead atoms. The smallest absolute Gasteiger partial charge is 0.274 e. The van der Waals surface area contributed by atoms with Crippen molar-refractivity contribution in [2.45, 2.75) is 12.6 Å². The Hall–Kier alpha value is -3.33. The first kappa shape index (κ1) is 18.1. The van der Waals surface area contributed by atoms with Gasteiger partial charge in [0.2, 0.25) is 0 Å². The number of anilines is 1. The van der Waals surface area contributed by atoms with E-state index >= 15 is 0 Å². The molecule has 142 valence electrons. The number of carbonyl (C=O) groups is 1. The molecule has 0 aliphatic carbocycles. The van der Waals surface area contributed by atoms with Gasteiger partial charge in [-0.25, -0.2) is 4.98 Å². The van der Waals surface area contributed by atoms with Crippen LogP contribution in [0.3, 0.4) is 0 Å². The summed E-state index contributed by atoms with van der Waals surface area (Å²) in [5.41, 5.74) is 1.27. The predicted octanol–water partition coefficient (Wildman–Crippen LogP) is 1.68. The number of pyridine rings is 1. The minimum absolute atomic E-state index is 0.214. The zero-order chi connectivity index (χ0) is 19.5. The molecule has 0 radical (unpaired) electrons. The molecule has 28 heavy (non-hydrogen) atoms. The Kier molecular flexibility index (Phi) is 4.98. The van der Waals surface area contributed by atoms with Gasteiger partial charge in [0, 0.05) is 13.2 Å². The van der Waals surface area contributed by atoms with Crippen LogP contribution < -0.4 is 15.0 Å². The Morgan fingerprint density at radius 2 is 2.11 bits per heavy atom. The fourth-order valence-electron chi connectivity index (χ4n) is 2.89. The number of ether oxygens (including phenoxy) is 1. The van der Waals surface area contributed by atoms with Gasteiger partial charge in [-0.05, 0) is 17.7 Å². The third kappa shape index (κ3) is 3.70. The average Bonchev–Trinajstić information content (AvgIpc) is 3.15. The Balaban J connectivity index is 1.45. The minimum Gasteiger partial charge on any atom is -0.487 e. The molecule has 1 N–H and O–H groups in total. The second-order valence-electron chi connectivity index (χ2n) is 6.31. The molecule has 0 saturated heterocycles. The summed E-state index contributed by atoms with van der Waals surface area (Å²) in [5, 5.41) is 11.3. The van der Waals surface area contributed by atoms with Crippen LogP contribution in [-0.2, 0) is 6.54 Å². The Labute approximate surface area is 167 Å². The maximum absolute atomic E-state index is 12.6. The van der Waals surface area contributed by atoms with E-state index in [-0.39, 0.29) is 18.2 Å². The molecule has 0 unspecified atom stereocenters. The first-order valence-electron chi connectivity index (χ1n) is 8.72. The number of rotatable bonds is 4. The van der Waals surface area contributed by atoms with Crippen LogP contribution in [0.4, 0.5) is 5.82 Å². The van der Waals surface area contributed by atoms with Crippen molar-refractivity contribution in [3.8, 4) is 5.75 Å². The lowest BCUT2D eigenvalue weighted by Gasteiger charge is -2.22. The first-order valence-corrected chi connectivity index (χ1v) is 9.13. The SMILES string of the molecule is CN1C(=S)[C@@H](NC(=O)c2cnn(Cc3ccccc3)n2)COc2cccnc21. The number of hydrogen-bond donors (Lipinski definition) is 1. The van der Waals surface area contributed by atoms with Gasteiger partial charge in [-0.15, -0.1) is 5.10 Å². The lowest BCUT2D eigenvalue weighted by atomic mass is 10.2. The van der Waals surface area contributed by atoms with Crippen molar-refractivity contribution < 1.29 is 9.53 Å². The molecule has 3 aromatic rings. The van der Waals surface area contributed by atoms with Crippen LogP contribution >= 0.6 is 12.2 Å². The summed E-state index contributed by atoms with van der Waals surface area (Å²) in [6.07, 6.45) is 3.12. The summed E-state index contributed by atoms with van der Waals surface area (Å²) >= 11 is 5.52. The maximum atomic E-state index is 12.6. The van der Waals surface area contributed by atoms with Crippen LogP contribution in [-0.4, -0.2) is 50.6 Å². The molecule has 2 aromatic heterocycles. The molecule has 1 aromatic carbocycles. The molecule has 1 atom stereocenters. The Morgan fingerprint density at radius 3 is 2.93 bits per heavy atom. The van der Waals surface area contributed by atoms with E-state index in [1.807, 2.05) is 36.4 Å². The third-order valence-electron chi connectivity index (χ3n) is 4.34. The van der Waals surface area contributed by atoms with E-state index < -0.39 is 6.04 Å². The molecule has 0 saturated carbocycles. The van der Waals surface area contributed by atoms with Crippen LogP contribution in [0.5, 0.6) is 5.75 Å². The molecule has 1 aliphatic heterocycles. The van der Waals surface area contributed by atoms with Crippen molar-refractivity contribution in [3.05, 3.63) is 66.1 Å². The number of aromatic nitrogens is 4. The fraction of sp³-hybridized carbons (Fsp3) is 0.211. The normalized spacial score (nSPS) is 16.1. The Bertz CT molecular complexity index is 1010.